The van der Waals surface area contributed by atoms with Crippen LogP contribution < -0.4 is 5.32 Å². The lowest BCUT2D eigenvalue weighted by Crippen LogP contribution is -2.43. The van der Waals surface area contributed by atoms with E-state index in [2.05, 4.69) is 10.2 Å². The topological polar surface area (TPSA) is 52.6 Å². The van der Waals surface area contributed by atoms with E-state index in [1.54, 1.807) is 4.90 Å². The quantitative estimate of drug-likeness (QED) is 0.656. The summed E-state index contributed by atoms with van der Waals surface area (Å²) >= 11 is 0. The van der Waals surface area contributed by atoms with Crippen molar-refractivity contribution >= 4 is 11.8 Å². The lowest BCUT2D eigenvalue weighted by molar-refractivity contribution is -0.138. The molecular weight excluding hydrogens is 414 g/mol. The van der Waals surface area contributed by atoms with Gasteiger partial charge < -0.3 is 15.1 Å². The number of likely N-dealkylation sites (N-methyl/N-ethyl adjacent to an activating group) is 1. The first kappa shape index (κ1) is 23.5. The summed E-state index contributed by atoms with van der Waals surface area (Å²) in [6, 6.07) is 1.86. The van der Waals surface area contributed by atoms with Crippen molar-refractivity contribution < 1.29 is 27.2 Å². The van der Waals surface area contributed by atoms with Gasteiger partial charge in [-0.15, -0.1) is 0 Å². The number of alkyl halides is 3. The first-order valence-electron chi connectivity index (χ1n) is 10.6. The smallest absolute Gasteiger partial charge is 0.352 e. The van der Waals surface area contributed by atoms with Crippen molar-refractivity contribution in [3.05, 3.63) is 35.1 Å². The van der Waals surface area contributed by atoms with E-state index in [1.807, 2.05) is 14.0 Å². The predicted molar refractivity (Wildman–Crippen MR) is 108 cm³/mol. The van der Waals surface area contributed by atoms with Gasteiger partial charge in [0, 0.05) is 37.7 Å². The number of piperidine rings is 1. The number of nitrogens with zero attached hydrogens (tertiary/aromatic N) is 2. The van der Waals surface area contributed by atoms with Gasteiger partial charge in [-0.25, -0.2) is 4.39 Å². The Hall–Kier alpha value is -2.16. The van der Waals surface area contributed by atoms with Crippen LogP contribution in [-0.2, 0) is 11.0 Å². The van der Waals surface area contributed by atoms with Crippen LogP contribution in [0.3, 0.4) is 0 Å². The Kier molecular flexibility index (Phi) is 6.93. The maximum atomic E-state index is 13.5. The highest BCUT2D eigenvalue weighted by molar-refractivity contribution is 5.94. The largest absolute Gasteiger partial charge is 0.416 e. The van der Waals surface area contributed by atoms with Crippen LogP contribution in [0.15, 0.2) is 18.2 Å². The van der Waals surface area contributed by atoms with Gasteiger partial charge in [-0.1, -0.05) is 6.92 Å². The summed E-state index contributed by atoms with van der Waals surface area (Å²) in [6.07, 6.45) is -1.11. The number of hydrogen-bond donors (Lipinski definition) is 1. The number of hydrogen-bond acceptors (Lipinski definition) is 3. The molecule has 0 atom stereocenters. The third-order valence-electron chi connectivity index (χ3n) is 6.36. The fraction of sp³-hybridized carbons (Fsp3) is 0.636. The van der Waals surface area contributed by atoms with Crippen molar-refractivity contribution in [1.29, 1.82) is 0 Å². The minimum Gasteiger partial charge on any atom is -0.352 e. The molecule has 1 heterocycles. The van der Waals surface area contributed by atoms with E-state index in [-0.39, 0.29) is 22.8 Å². The van der Waals surface area contributed by atoms with Crippen molar-refractivity contribution in [2.75, 3.05) is 39.8 Å². The molecule has 2 aliphatic rings. The minimum atomic E-state index is -4.71. The second-order valence-electron chi connectivity index (χ2n) is 9.01. The fourth-order valence-electron chi connectivity index (χ4n) is 3.89. The van der Waals surface area contributed by atoms with Crippen molar-refractivity contribution in [2.24, 2.45) is 11.3 Å². The molecular formula is C22H29F4N3O2. The van der Waals surface area contributed by atoms with Crippen LogP contribution in [0, 0.1) is 17.2 Å². The number of benzene rings is 1. The Morgan fingerprint density at radius 1 is 1.19 bits per heavy atom. The van der Waals surface area contributed by atoms with E-state index in [0.717, 1.165) is 51.4 Å². The maximum absolute atomic E-state index is 13.5. The van der Waals surface area contributed by atoms with Gasteiger partial charge in [-0.2, -0.15) is 13.2 Å². The number of halogens is 4. The molecule has 1 N–H and O–H groups in total. The Balaban J connectivity index is 1.41. The zero-order valence-electron chi connectivity index (χ0n) is 17.9. The van der Waals surface area contributed by atoms with Crippen LogP contribution in [-0.4, -0.2) is 61.4 Å². The Bertz CT molecular complexity index is 815. The van der Waals surface area contributed by atoms with Crippen molar-refractivity contribution in [3.8, 4) is 0 Å². The predicted octanol–water partition coefficient (Wildman–Crippen LogP) is 3.54. The maximum Gasteiger partial charge on any atom is 0.416 e. The third kappa shape index (κ3) is 6.18. The van der Waals surface area contributed by atoms with E-state index in [0.29, 0.717) is 25.2 Å². The highest BCUT2D eigenvalue weighted by Gasteiger charge is 2.46. The molecule has 1 aromatic rings. The van der Waals surface area contributed by atoms with Gasteiger partial charge in [-0.3, -0.25) is 9.59 Å². The summed E-state index contributed by atoms with van der Waals surface area (Å²) < 4.78 is 51.9. The number of carbonyl (C=O) groups excluding carboxylic acids is 2. The van der Waals surface area contributed by atoms with E-state index in [4.69, 9.17) is 0 Å². The van der Waals surface area contributed by atoms with Crippen LogP contribution in [0.5, 0.6) is 0 Å². The summed E-state index contributed by atoms with van der Waals surface area (Å²) in [5.41, 5.74) is -1.67. The van der Waals surface area contributed by atoms with E-state index in [1.165, 1.54) is 0 Å². The summed E-state index contributed by atoms with van der Waals surface area (Å²) in [7, 11) is 1.84. The van der Waals surface area contributed by atoms with E-state index < -0.39 is 23.5 Å². The number of nitrogens with one attached hydrogen (secondary N) is 1. The van der Waals surface area contributed by atoms with Crippen LogP contribution in [0.2, 0.25) is 0 Å². The fourth-order valence-corrected chi connectivity index (χ4v) is 3.89. The Morgan fingerprint density at radius 2 is 1.84 bits per heavy atom. The molecule has 1 aliphatic heterocycles. The molecule has 1 saturated carbocycles. The van der Waals surface area contributed by atoms with Gasteiger partial charge in [0.05, 0.1) is 5.56 Å². The second-order valence-corrected chi connectivity index (χ2v) is 9.01. The molecule has 9 heteroatoms. The summed E-state index contributed by atoms with van der Waals surface area (Å²) in [4.78, 5) is 28.6. The van der Waals surface area contributed by atoms with Gasteiger partial charge in [0.2, 0.25) is 5.91 Å². The monoisotopic (exact) mass is 443 g/mol. The van der Waals surface area contributed by atoms with Gasteiger partial charge >= 0.3 is 6.18 Å². The molecule has 2 fully saturated rings. The van der Waals surface area contributed by atoms with Crippen LogP contribution in [0.4, 0.5) is 17.6 Å². The third-order valence-corrected chi connectivity index (χ3v) is 6.36. The van der Waals surface area contributed by atoms with Crippen LogP contribution in [0.1, 0.15) is 48.5 Å². The zero-order valence-corrected chi connectivity index (χ0v) is 17.9. The average molecular weight is 443 g/mol. The SMILES string of the molecule is CN(CCN1CCC(CNC(=O)c2cc(F)cc(C(F)(F)F)c2)CC1)C(=O)C1(C)CC1. The van der Waals surface area contributed by atoms with Gasteiger partial charge in [0.15, 0.2) is 0 Å². The van der Waals surface area contributed by atoms with E-state index >= 15 is 0 Å². The minimum absolute atomic E-state index is 0.164. The molecule has 5 nitrogen and oxygen atoms in total. The van der Waals surface area contributed by atoms with Gasteiger partial charge in [0.25, 0.3) is 5.91 Å². The van der Waals surface area contributed by atoms with E-state index in [9.17, 15) is 27.2 Å². The van der Waals surface area contributed by atoms with Gasteiger partial charge in [-0.05, 0) is 62.9 Å². The van der Waals surface area contributed by atoms with Crippen molar-refractivity contribution in [2.45, 2.75) is 38.8 Å². The zero-order chi connectivity index (χ0) is 22.8. The first-order chi connectivity index (χ1) is 14.5. The molecule has 172 valence electrons. The molecule has 31 heavy (non-hydrogen) atoms. The molecule has 0 bridgehead atoms. The summed E-state index contributed by atoms with van der Waals surface area (Å²) in [6.45, 7) is 5.47. The number of amides is 2. The molecule has 2 amide bonds. The molecule has 0 radical (unpaired) electrons. The second kappa shape index (κ2) is 9.14. The molecule has 0 aromatic heterocycles. The Labute approximate surface area is 179 Å². The molecule has 1 aliphatic carbocycles. The van der Waals surface area contributed by atoms with Crippen LogP contribution in [0.25, 0.3) is 0 Å². The highest BCUT2D eigenvalue weighted by Crippen LogP contribution is 2.46. The standard InChI is InChI=1S/C22H29F4N3O2/c1-21(5-6-21)20(31)28(2)9-10-29-7-3-15(4-8-29)14-27-19(30)16-11-17(22(24,25)26)13-18(23)12-16/h11-13,15H,3-10,14H2,1-2H3,(H,27,30). The molecule has 3 rings (SSSR count). The Morgan fingerprint density at radius 3 is 2.42 bits per heavy atom. The molecule has 0 unspecified atom stereocenters. The van der Waals surface area contributed by atoms with Gasteiger partial charge in [0.1, 0.15) is 5.82 Å². The summed E-state index contributed by atoms with van der Waals surface area (Å²) in [5, 5.41) is 2.63. The first-order valence-corrected chi connectivity index (χ1v) is 10.6. The normalized spacial score (nSPS) is 19.2. The number of carbonyl (C=O) groups is 2. The van der Waals surface area contributed by atoms with Crippen molar-refractivity contribution in [3.63, 3.8) is 0 Å². The summed E-state index contributed by atoms with van der Waals surface area (Å²) in [5.74, 6) is -1.38. The highest BCUT2D eigenvalue weighted by atomic mass is 19.4. The average Bonchev–Trinajstić information content (AvgIpc) is 3.47. The molecule has 1 saturated heterocycles. The van der Waals surface area contributed by atoms with Crippen LogP contribution >= 0.6 is 0 Å². The van der Waals surface area contributed by atoms with Crippen molar-refractivity contribution in [1.82, 2.24) is 15.1 Å². The number of likely N-dealkylation sites (tertiary alicyclic amines) is 1. The molecule has 0 spiro atoms. The molecule has 1 aromatic carbocycles. The lowest BCUT2D eigenvalue weighted by Gasteiger charge is -2.33. The number of rotatable bonds is 7. The lowest BCUT2D eigenvalue weighted by atomic mass is 9.96.